The monoisotopic (exact) mass is 230 g/mol. The lowest BCUT2D eigenvalue weighted by Crippen LogP contribution is -2.54. The molecule has 3 heteroatoms. The first kappa shape index (κ1) is 9.63. The molecule has 6 atom stereocenters. The first-order valence-corrected chi connectivity index (χ1v) is 6.22. The van der Waals surface area contributed by atoms with Crippen LogP contribution in [0, 0.1) is 35.5 Å². The lowest BCUT2D eigenvalue weighted by molar-refractivity contribution is -0.154. The Labute approximate surface area is 99.5 Å². The second kappa shape index (κ2) is 2.71. The van der Waals surface area contributed by atoms with Crippen molar-refractivity contribution in [1.82, 2.24) is 0 Å². The molecule has 1 heterocycles. The van der Waals surface area contributed by atoms with Crippen LogP contribution in [0.3, 0.4) is 0 Å². The topological polar surface area (TPSA) is 43.4 Å². The maximum atomic E-state index is 11.8. The van der Waals surface area contributed by atoms with E-state index in [1.54, 1.807) is 0 Å². The molecule has 88 valence electrons. The highest BCUT2D eigenvalue weighted by molar-refractivity contribution is 5.98. The van der Waals surface area contributed by atoms with Crippen LogP contribution in [0.2, 0.25) is 0 Å². The molecule has 0 amide bonds. The summed E-state index contributed by atoms with van der Waals surface area (Å²) in [5, 5.41) is 0. The number of carbonyl (C=O) groups is 2. The third-order valence-corrected chi connectivity index (χ3v) is 5.36. The molecule has 4 aliphatic carbocycles. The van der Waals surface area contributed by atoms with Gasteiger partial charge >= 0.3 is 11.9 Å². The van der Waals surface area contributed by atoms with Crippen molar-refractivity contribution < 1.29 is 14.3 Å². The minimum absolute atomic E-state index is 0.192. The molecule has 5 aliphatic rings. The fourth-order valence-electron chi connectivity index (χ4n) is 4.53. The summed E-state index contributed by atoms with van der Waals surface area (Å²) in [6, 6.07) is 0. The second-order valence-electron chi connectivity index (χ2n) is 5.75. The third-order valence-electron chi connectivity index (χ3n) is 5.36. The van der Waals surface area contributed by atoms with Gasteiger partial charge in [0.1, 0.15) is 0 Å². The molecule has 5 rings (SSSR count). The maximum absolute atomic E-state index is 11.8. The Morgan fingerprint density at radius 1 is 0.824 bits per heavy atom. The van der Waals surface area contributed by atoms with Gasteiger partial charge in [-0.1, -0.05) is 23.3 Å². The smallest absolute Gasteiger partial charge is 0.318 e. The maximum Gasteiger partial charge on any atom is 0.318 e. The summed E-state index contributed by atoms with van der Waals surface area (Å²) < 4.78 is 4.85. The third kappa shape index (κ3) is 0.874. The molecule has 0 aromatic carbocycles. The number of cyclic esters (lactones) is 2. The van der Waals surface area contributed by atoms with Crippen molar-refractivity contribution in [3.63, 3.8) is 0 Å². The van der Waals surface area contributed by atoms with Crippen molar-refractivity contribution in [2.75, 3.05) is 0 Å². The average Bonchev–Trinajstić information content (AvgIpc) is 2.65. The second-order valence-corrected chi connectivity index (χ2v) is 5.75. The van der Waals surface area contributed by atoms with Crippen molar-refractivity contribution in [3.8, 4) is 0 Å². The summed E-state index contributed by atoms with van der Waals surface area (Å²) in [6.07, 6.45) is 4.28. The fourth-order valence-corrected chi connectivity index (χ4v) is 4.53. The predicted molar refractivity (Wildman–Crippen MR) is 59.6 cm³/mol. The van der Waals surface area contributed by atoms with Gasteiger partial charge in [-0.25, -0.2) is 0 Å². The molecule has 2 fully saturated rings. The Balaban J connectivity index is 1.86. The van der Waals surface area contributed by atoms with Gasteiger partial charge in [0, 0.05) is 0 Å². The quantitative estimate of drug-likeness (QED) is 0.361. The molecule has 1 saturated carbocycles. The van der Waals surface area contributed by atoms with Gasteiger partial charge in [0.25, 0.3) is 0 Å². The van der Waals surface area contributed by atoms with E-state index in [1.165, 1.54) is 11.1 Å². The Bertz CT molecular complexity index is 470. The van der Waals surface area contributed by atoms with E-state index in [9.17, 15) is 9.59 Å². The first-order chi connectivity index (χ1) is 8.11. The van der Waals surface area contributed by atoms with Gasteiger partial charge in [-0.05, 0) is 37.5 Å². The van der Waals surface area contributed by atoms with Gasteiger partial charge in [-0.2, -0.15) is 0 Å². The minimum Gasteiger partial charge on any atom is -0.393 e. The average molecular weight is 230 g/mol. The highest BCUT2D eigenvalue weighted by Crippen LogP contribution is 2.63. The van der Waals surface area contributed by atoms with E-state index in [-0.39, 0.29) is 35.6 Å². The number of hydrogen-bond acceptors (Lipinski definition) is 3. The molecular weight excluding hydrogens is 216 g/mol. The van der Waals surface area contributed by atoms with Gasteiger partial charge < -0.3 is 4.74 Å². The van der Waals surface area contributed by atoms with E-state index in [0.717, 1.165) is 0 Å². The largest absolute Gasteiger partial charge is 0.393 e. The van der Waals surface area contributed by atoms with E-state index >= 15 is 0 Å². The number of allylic oxidation sites excluding steroid dienone is 4. The number of rotatable bonds is 0. The Morgan fingerprint density at radius 2 is 1.24 bits per heavy atom. The summed E-state index contributed by atoms with van der Waals surface area (Å²) in [6.45, 7) is 4.31. The number of esters is 2. The molecule has 1 aliphatic heterocycles. The summed E-state index contributed by atoms with van der Waals surface area (Å²) >= 11 is 0. The molecule has 17 heavy (non-hydrogen) atoms. The highest BCUT2D eigenvalue weighted by Gasteiger charge is 2.64. The van der Waals surface area contributed by atoms with Gasteiger partial charge in [0.15, 0.2) is 0 Å². The van der Waals surface area contributed by atoms with E-state index < -0.39 is 0 Å². The SMILES string of the molecule is CC1=C(C)[C@@H]2[C@H]3C=C[C@H]([C@@H]12)[C@H]1C(=O)OC(=O)[C@@H]31. The molecule has 2 bridgehead atoms. The normalized spacial score (nSPS) is 50.0. The van der Waals surface area contributed by atoms with Gasteiger partial charge in [0.2, 0.25) is 0 Å². The van der Waals surface area contributed by atoms with Gasteiger partial charge in [0.05, 0.1) is 11.8 Å². The Morgan fingerprint density at radius 3 is 1.65 bits per heavy atom. The number of hydrogen-bond donors (Lipinski definition) is 0. The van der Waals surface area contributed by atoms with Crippen molar-refractivity contribution in [1.29, 1.82) is 0 Å². The van der Waals surface area contributed by atoms with Crippen LogP contribution in [0.4, 0.5) is 0 Å². The molecule has 0 radical (unpaired) electrons. The first-order valence-electron chi connectivity index (χ1n) is 6.22. The van der Waals surface area contributed by atoms with Crippen LogP contribution < -0.4 is 0 Å². The van der Waals surface area contributed by atoms with Gasteiger partial charge in [-0.3, -0.25) is 9.59 Å². The van der Waals surface area contributed by atoms with E-state index in [4.69, 9.17) is 4.74 Å². The van der Waals surface area contributed by atoms with Crippen LogP contribution in [-0.4, -0.2) is 11.9 Å². The minimum atomic E-state index is -0.296. The lowest BCUT2D eigenvalue weighted by Gasteiger charge is -2.56. The summed E-state index contributed by atoms with van der Waals surface area (Å²) in [5.74, 6) is 0.332. The van der Waals surface area contributed by atoms with E-state index in [0.29, 0.717) is 11.8 Å². The molecular formula is C14H14O3. The van der Waals surface area contributed by atoms with Crippen LogP contribution in [0.15, 0.2) is 23.3 Å². The lowest BCUT2D eigenvalue weighted by atomic mass is 9.46. The zero-order valence-electron chi connectivity index (χ0n) is 9.84. The summed E-state index contributed by atoms with van der Waals surface area (Å²) in [7, 11) is 0. The molecule has 0 unspecified atom stereocenters. The summed E-state index contributed by atoms with van der Waals surface area (Å²) in [4.78, 5) is 23.6. The van der Waals surface area contributed by atoms with Crippen LogP contribution in [0.5, 0.6) is 0 Å². The number of carbonyl (C=O) groups excluding carboxylic acids is 2. The van der Waals surface area contributed by atoms with Crippen LogP contribution in [0.1, 0.15) is 13.8 Å². The molecule has 0 aromatic heterocycles. The predicted octanol–water partition coefficient (Wildman–Crippen LogP) is 1.70. The van der Waals surface area contributed by atoms with E-state index in [2.05, 4.69) is 26.0 Å². The van der Waals surface area contributed by atoms with Crippen molar-refractivity contribution in [3.05, 3.63) is 23.3 Å². The fraction of sp³-hybridized carbons (Fsp3) is 0.571. The van der Waals surface area contributed by atoms with Crippen LogP contribution in [0.25, 0.3) is 0 Å². The van der Waals surface area contributed by atoms with Crippen LogP contribution >= 0.6 is 0 Å². The highest BCUT2D eigenvalue weighted by atomic mass is 16.6. The van der Waals surface area contributed by atoms with Gasteiger partial charge in [-0.15, -0.1) is 0 Å². The number of ether oxygens (including phenoxy) is 1. The molecule has 1 saturated heterocycles. The molecule has 3 nitrogen and oxygen atoms in total. The zero-order chi connectivity index (χ0) is 11.9. The Kier molecular flexibility index (Phi) is 1.54. The van der Waals surface area contributed by atoms with Crippen molar-refractivity contribution >= 4 is 11.9 Å². The molecule has 0 spiro atoms. The zero-order valence-corrected chi connectivity index (χ0v) is 9.84. The van der Waals surface area contributed by atoms with Crippen LogP contribution in [-0.2, 0) is 14.3 Å². The molecule has 0 N–H and O–H groups in total. The standard InChI is InChI=1S/C14H14O3/c1-5-6(2)10-8-4-3-7(9(5)10)11-12(8)14(16)17-13(11)15/h3-4,7-12H,1-2H3/t7-,8-,9-,10-,11-,12+/m1/s1. The Hall–Kier alpha value is -1.38. The summed E-state index contributed by atoms with van der Waals surface area (Å²) in [5.41, 5.74) is 2.83. The van der Waals surface area contributed by atoms with Crippen molar-refractivity contribution in [2.24, 2.45) is 35.5 Å². The molecule has 0 aromatic rings. The van der Waals surface area contributed by atoms with E-state index in [1.807, 2.05) is 0 Å². The van der Waals surface area contributed by atoms with Crippen molar-refractivity contribution in [2.45, 2.75) is 13.8 Å².